The summed E-state index contributed by atoms with van der Waals surface area (Å²) in [6.45, 7) is 25.8. The Kier molecular flexibility index (Phi) is 27.8. The quantitative estimate of drug-likeness (QED) is 0.129. The van der Waals surface area contributed by atoms with E-state index >= 15 is 0 Å². The van der Waals surface area contributed by atoms with Crippen LogP contribution in [0.2, 0.25) is 0 Å². The monoisotopic (exact) mass is 1470 g/mol. The van der Waals surface area contributed by atoms with Crippen LogP contribution in [0.3, 0.4) is 0 Å². The molecular formula is C112H102N2. The van der Waals surface area contributed by atoms with Crippen molar-refractivity contribution in [1.82, 2.24) is 9.97 Å². The number of aromatic nitrogens is 2. The molecule has 0 N–H and O–H groups in total. The van der Waals surface area contributed by atoms with Crippen LogP contribution in [0.5, 0.6) is 0 Å². The fourth-order valence-corrected chi connectivity index (χ4v) is 13.6. The summed E-state index contributed by atoms with van der Waals surface area (Å²) in [6, 6.07) is 134. The van der Waals surface area contributed by atoms with E-state index in [9.17, 15) is 0 Å². The van der Waals surface area contributed by atoms with Gasteiger partial charge in [-0.25, -0.2) is 0 Å². The molecule has 0 unspecified atom stereocenters. The summed E-state index contributed by atoms with van der Waals surface area (Å²) in [5.41, 5.74) is 43.7. The molecule has 0 saturated carbocycles. The van der Waals surface area contributed by atoms with Crippen molar-refractivity contribution < 1.29 is 0 Å². The molecule has 0 atom stereocenters. The maximum absolute atomic E-state index is 4.11. The molecule has 560 valence electrons. The predicted octanol–water partition coefficient (Wildman–Crippen LogP) is 30.9. The third kappa shape index (κ3) is 21.8. The van der Waals surface area contributed by atoms with Crippen molar-refractivity contribution in [1.29, 1.82) is 0 Å². The third-order valence-corrected chi connectivity index (χ3v) is 21.5. The van der Waals surface area contributed by atoms with Gasteiger partial charge in [-0.05, 0) is 315 Å². The first-order valence-corrected chi connectivity index (χ1v) is 39.5. The molecule has 0 aliphatic carbocycles. The van der Waals surface area contributed by atoms with Crippen molar-refractivity contribution in [3.63, 3.8) is 0 Å². The Hall–Kier alpha value is -13.4. The van der Waals surface area contributed by atoms with Gasteiger partial charge in [-0.3, -0.25) is 9.97 Å². The topological polar surface area (TPSA) is 25.8 Å². The average molecular weight is 1480 g/mol. The van der Waals surface area contributed by atoms with E-state index in [0.717, 1.165) is 0 Å². The van der Waals surface area contributed by atoms with Gasteiger partial charge in [0.2, 0.25) is 0 Å². The van der Waals surface area contributed by atoms with Crippen LogP contribution in [0, 0.1) is 83.1 Å². The Balaban J connectivity index is 0.000000128. The number of pyridine rings is 2. The lowest BCUT2D eigenvalue weighted by Gasteiger charge is -2.12. The highest BCUT2D eigenvalue weighted by Gasteiger charge is 2.12. The molecule has 0 aliphatic heterocycles. The van der Waals surface area contributed by atoms with E-state index in [1.54, 1.807) is 6.20 Å². The zero-order valence-corrected chi connectivity index (χ0v) is 68.0. The number of nitrogens with zero attached hydrogens (tertiary/aromatic N) is 2. The maximum atomic E-state index is 4.11. The molecule has 0 radical (unpaired) electrons. The molecule has 2 nitrogen and oxygen atoms in total. The van der Waals surface area contributed by atoms with Gasteiger partial charge in [0.15, 0.2) is 0 Å². The smallest absolute Gasteiger partial charge is 0.0346 e. The highest BCUT2D eigenvalue weighted by Crippen LogP contribution is 2.37. The lowest BCUT2D eigenvalue weighted by Crippen LogP contribution is -1.87. The summed E-state index contributed by atoms with van der Waals surface area (Å²) in [5, 5.41) is 0. The SMILES string of the molecule is Cc1ccc(-c2cc(-c3ccccc3)cc(-c3ccccc3)c2)cc1C.Cc1ccc(-c2ccc(-c3ccccc3)cc2)cc1C.Cc1ccc(-c2cccc(-c3ccccc3)c2)cc1C.Cc1ccc(-c2ccccc2-c2ccccc2)cc1C.Cc1ccc(-c2cccnc2)cc1C.Cc1ccc(-c2ccncc2)cc1C. The minimum Gasteiger partial charge on any atom is -0.265 e. The van der Waals surface area contributed by atoms with Gasteiger partial charge in [-0.15, -0.1) is 0 Å². The maximum Gasteiger partial charge on any atom is 0.0346 e. The molecule has 2 aromatic heterocycles. The Bertz CT molecular complexity index is 5790. The number of aryl methyl sites for hydroxylation is 12. The van der Waals surface area contributed by atoms with Gasteiger partial charge in [0.05, 0.1) is 0 Å². The van der Waals surface area contributed by atoms with Crippen LogP contribution in [0.1, 0.15) is 66.8 Å². The minimum absolute atomic E-state index is 1.18. The van der Waals surface area contributed by atoms with Crippen LogP contribution in [-0.4, -0.2) is 9.97 Å². The van der Waals surface area contributed by atoms with E-state index < -0.39 is 0 Å². The fraction of sp³-hybridized carbons (Fsp3) is 0.107. The minimum atomic E-state index is 1.18. The fourth-order valence-electron chi connectivity index (χ4n) is 13.6. The lowest BCUT2D eigenvalue weighted by molar-refractivity contribution is 1.31. The molecule has 0 saturated heterocycles. The molecule has 0 fully saturated rings. The molecule has 0 amide bonds. The molecule has 0 aliphatic rings. The van der Waals surface area contributed by atoms with Crippen LogP contribution in [0.15, 0.2) is 401 Å². The Labute approximate surface area is 678 Å². The first-order chi connectivity index (χ1) is 55.5. The number of hydrogen-bond donors (Lipinski definition) is 0. The highest BCUT2D eigenvalue weighted by atomic mass is 14.6. The van der Waals surface area contributed by atoms with Crippen molar-refractivity contribution in [3.05, 3.63) is 468 Å². The normalized spacial score (nSPS) is 10.5. The molecule has 17 rings (SSSR count). The second kappa shape index (κ2) is 39.5. The van der Waals surface area contributed by atoms with E-state index in [1.165, 1.54) is 189 Å². The van der Waals surface area contributed by atoms with E-state index in [4.69, 9.17) is 0 Å². The van der Waals surface area contributed by atoms with Gasteiger partial charge in [0.25, 0.3) is 0 Å². The zero-order chi connectivity index (χ0) is 79.7. The van der Waals surface area contributed by atoms with Gasteiger partial charge in [-0.2, -0.15) is 0 Å². The summed E-state index contributed by atoms with van der Waals surface area (Å²) < 4.78 is 0. The summed E-state index contributed by atoms with van der Waals surface area (Å²) in [4.78, 5) is 8.12. The molecule has 114 heavy (non-hydrogen) atoms. The van der Waals surface area contributed by atoms with E-state index in [0.29, 0.717) is 0 Å². The van der Waals surface area contributed by atoms with Crippen molar-refractivity contribution >= 4 is 0 Å². The van der Waals surface area contributed by atoms with Crippen LogP contribution < -0.4 is 0 Å². The van der Waals surface area contributed by atoms with Crippen molar-refractivity contribution in [3.8, 4) is 122 Å². The zero-order valence-electron chi connectivity index (χ0n) is 68.0. The lowest BCUT2D eigenvalue weighted by atomic mass is 9.92. The molecule has 0 spiro atoms. The Morgan fingerprint density at radius 1 is 0.123 bits per heavy atom. The van der Waals surface area contributed by atoms with E-state index in [-0.39, 0.29) is 0 Å². The molecular weight excluding hydrogens is 1370 g/mol. The average Bonchev–Trinajstić information content (AvgIpc) is 0.798. The Morgan fingerprint density at radius 2 is 0.342 bits per heavy atom. The van der Waals surface area contributed by atoms with E-state index in [2.05, 4.69) is 445 Å². The summed E-state index contributed by atoms with van der Waals surface area (Å²) in [7, 11) is 0. The molecule has 0 bridgehead atoms. The number of hydrogen-bond acceptors (Lipinski definition) is 2. The summed E-state index contributed by atoms with van der Waals surface area (Å²) >= 11 is 0. The second-order valence-electron chi connectivity index (χ2n) is 29.6. The van der Waals surface area contributed by atoms with Crippen LogP contribution >= 0.6 is 0 Å². The van der Waals surface area contributed by atoms with Crippen LogP contribution in [-0.2, 0) is 0 Å². The highest BCUT2D eigenvalue weighted by molar-refractivity contribution is 5.85. The van der Waals surface area contributed by atoms with E-state index in [1.807, 2.05) is 42.9 Å². The van der Waals surface area contributed by atoms with Gasteiger partial charge in [0.1, 0.15) is 0 Å². The molecule has 2 heterocycles. The number of rotatable bonds is 11. The summed E-state index contributed by atoms with van der Waals surface area (Å²) in [6.07, 6.45) is 7.34. The standard InChI is InChI=1S/C26H22.3C20H18.2C13H13N/c1-19-13-14-23(15-20(19)2)26-17-24(21-9-5-3-6-10-21)16-25(18-26)22-11-7-4-8-12-22;1-15-12-13-18(14-16(15)2)20-11-7-6-10-19(20)17-8-4-3-5-9-17;1-15-11-12-20(13-16(15)2)19-10-6-9-18(14-19)17-7-4-3-5-8-17;1-15-8-9-20(14-16(15)2)19-12-10-18(11-13-19)17-6-4-3-5-7-17;1-10-3-4-13(9-11(10)2)12-5-7-14-8-6-12;1-10-5-6-12(8-11(10)2)13-4-3-7-14-9-13/h3-18H,1-2H3;3*3-14H,1-2H3;2*3-9H,1-2H3. The second-order valence-corrected chi connectivity index (χ2v) is 29.6. The van der Waals surface area contributed by atoms with Gasteiger partial charge >= 0.3 is 0 Å². The largest absolute Gasteiger partial charge is 0.265 e. The summed E-state index contributed by atoms with van der Waals surface area (Å²) in [5.74, 6) is 0. The van der Waals surface area contributed by atoms with Crippen molar-refractivity contribution in [2.75, 3.05) is 0 Å². The molecule has 15 aromatic carbocycles. The first kappa shape index (κ1) is 80.1. The van der Waals surface area contributed by atoms with Crippen LogP contribution in [0.4, 0.5) is 0 Å². The van der Waals surface area contributed by atoms with Gasteiger partial charge < -0.3 is 0 Å². The Morgan fingerprint density at radius 3 is 0.711 bits per heavy atom. The van der Waals surface area contributed by atoms with Gasteiger partial charge in [0, 0.05) is 24.8 Å². The van der Waals surface area contributed by atoms with Gasteiger partial charge in [-0.1, -0.05) is 334 Å². The number of benzene rings is 15. The van der Waals surface area contributed by atoms with Crippen LogP contribution in [0.25, 0.3) is 122 Å². The first-order valence-electron chi connectivity index (χ1n) is 39.5. The molecule has 17 aromatic rings. The van der Waals surface area contributed by atoms with Crippen molar-refractivity contribution in [2.45, 2.75) is 83.1 Å². The predicted molar refractivity (Wildman–Crippen MR) is 491 cm³/mol. The molecule has 2 heteroatoms. The van der Waals surface area contributed by atoms with Crippen molar-refractivity contribution in [2.24, 2.45) is 0 Å². The third-order valence-electron chi connectivity index (χ3n) is 21.5.